The molecule has 0 radical (unpaired) electrons. The molecule has 2 N–H and O–H groups in total. The van der Waals surface area contributed by atoms with E-state index in [0.29, 0.717) is 4.88 Å². The molecule has 102 valence electrons. The molecule has 1 heterocycles. The molecule has 0 saturated heterocycles. The lowest BCUT2D eigenvalue weighted by Crippen LogP contribution is -2.13. The maximum Gasteiger partial charge on any atom is 0.345 e. The zero-order valence-electron chi connectivity index (χ0n) is 11.1. The molecule has 0 aliphatic rings. The number of rotatable bonds is 10. The third-order valence-corrected chi connectivity index (χ3v) is 3.95. The Morgan fingerprint density at radius 3 is 2.61 bits per heavy atom. The predicted octanol–water partition coefficient (Wildman–Crippen LogP) is 3.90. The van der Waals surface area contributed by atoms with Crippen molar-refractivity contribution in [2.24, 2.45) is 0 Å². The first kappa shape index (κ1) is 15.2. The van der Waals surface area contributed by atoms with Crippen LogP contribution in [0.3, 0.4) is 0 Å². The fourth-order valence-electron chi connectivity index (χ4n) is 1.83. The van der Waals surface area contributed by atoms with Crippen LogP contribution in [0, 0.1) is 0 Å². The molecule has 0 fully saturated rings. The van der Waals surface area contributed by atoms with Gasteiger partial charge in [0.2, 0.25) is 0 Å². The van der Waals surface area contributed by atoms with Gasteiger partial charge in [0, 0.05) is 11.4 Å². The molecular formula is C14H23NO2S. The maximum atomic E-state index is 10.7. The minimum atomic E-state index is -0.831. The molecule has 0 spiro atoms. The summed E-state index contributed by atoms with van der Waals surface area (Å²) in [5.41, 5.74) is 0. The lowest BCUT2D eigenvalue weighted by Gasteiger charge is -2.03. The van der Waals surface area contributed by atoms with Crippen LogP contribution in [0.25, 0.3) is 0 Å². The van der Waals surface area contributed by atoms with Crippen LogP contribution in [-0.4, -0.2) is 17.6 Å². The van der Waals surface area contributed by atoms with E-state index in [1.54, 1.807) is 6.07 Å². The Bertz CT molecular complexity index is 349. The van der Waals surface area contributed by atoms with E-state index >= 15 is 0 Å². The number of carbonyl (C=O) groups is 1. The van der Waals surface area contributed by atoms with Crippen LogP contribution < -0.4 is 5.32 Å². The van der Waals surface area contributed by atoms with Gasteiger partial charge in [-0.1, -0.05) is 39.0 Å². The molecule has 1 aromatic rings. The highest BCUT2D eigenvalue weighted by atomic mass is 32.1. The Balaban J connectivity index is 2.02. The highest BCUT2D eigenvalue weighted by molar-refractivity contribution is 7.13. The summed E-state index contributed by atoms with van der Waals surface area (Å²) in [4.78, 5) is 12.2. The zero-order valence-corrected chi connectivity index (χ0v) is 11.9. The lowest BCUT2D eigenvalue weighted by molar-refractivity contribution is 0.0702. The molecule has 0 aliphatic carbocycles. The second-order valence-electron chi connectivity index (χ2n) is 4.52. The first-order valence-corrected chi connectivity index (χ1v) is 7.58. The van der Waals surface area contributed by atoms with Gasteiger partial charge in [-0.25, -0.2) is 4.79 Å². The van der Waals surface area contributed by atoms with Crippen LogP contribution in [0.2, 0.25) is 0 Å². The average Bonchev–Trinajstić information content (AvgIpc) is 2.81. The van der Waals surface area contributed by atoms with Crippen LogP contribution >= 0.6 is 11.3 Å². The van der Waals surface area contributed by atoms with Crippen LogP contribution in [0.1, 0.15) is 60.0 Å². The van der Waals surface area contributed by atoms with Gasteiger partial charge in [-0.15, -0.1) is 11.3 Å². The normalized spacial score (nSPS) is 10.7. The Morgan fingerprint density at radius 1 is 1.22 bits per heavy atom. The average molecular weight is 269 g/mol. The molecule has 0 bridgehead atoms. The van der Waals surface area contributed by atoms with E-state index in [4.69, 9.17) is 5.11 Å². The Labute approximate surface area is 113 Å². The van der Waals surface area contributed by atoms with Gasteiger partial charge in [-0.05, 0) is 25.1 Å². The van der Waals surface area contributed by atoms with Crippen LogP contribution in [0.4, 0.5) is 0 Å². The van der Waals surface area contributed by atoms with Gasteiger partial charge in [0.05, 0.1) is 0 Å². The highest BCUT2D eigenvalue weighted by Crippen LogP contribution is 2.16. The zero-order chi connectivity index (χ0) is 13.2. The van der Waals surface area contributed by atoms with Crippen molar-refractivity contribution in [3.8, 4) is 0 Å². The highest BCUT2D eigenvalue weighted by Gasteiger charge is 2.05. The van der Waals surface area contributed by atoms with Gasteiger partial charge in [0.25, 0.3) is 0 Å². The summed E-state index contributed by atoms with van der Waals surface area (Å²) in [5, 5.41) is 12.2. The van der Waals surface area contributed by atoms with E-state index in [2.05, 4.69) is 12.2 Å². The third kappa shape index (κ3) is 6.17. The number of nitrogens with one attached hydrogen (secondary N) is 1. The topological polar surface area (TPSA) is 49.3 Å². The minimum absolute atomic E-state index is 0.423. The molecule has 1 rings (SSSR count). The molecule has 18 heavy (non-hydrogen) atoms. The van der Waals surface area contributed by atoms with Crippen molar-refractivity contribution in [2.45, 2.75) is 52.0 Å². The first-order valence-electron chi connectivity index (χ1n) is 6.76. The monoisotopic (exact) mass is 269 g/mol. The van der Waals surface area contributed by atoms with Gasteiger partial charge in [0.15, 0.2) is 0 Å². The van der Waals surface area contributed by atoms with Crippen LogP contribution in [-0.2, 0) is 6.54 Å². The lowest BCUT2D eigenvalue weighted by atomic mass is 10.1. The van der Waals surface area contributed by atoms with Crippen molar-refractivity contribution in [3.63, 3.8) is 0 Å². The molecule has 0 unspecified atom stereocenters. The number of carboxylic acids is 1. The SMILES string of the molecule is CCCCCCCCNCc1ccc(C(=O)O)s1. The number of thiophene rings is 1. The number of carboxylic acid groups (broad SMARTS) is 1. The maximum absolute atomic E-state index is 10.7. The Hall–Kier alpha value is -0.870. The van der Waals surface area contributed by atoms with E-state index in [0.717, 1.165) is 18.0 Å². The van der Waals surface area contributed by atoms with Crippen molar-refractivity contribution in [2.75, 3.05) is 6.54 Å². The molecular weight excluding hydrogens is 246 g/mol. The number of hydrogen-bond donors (Lipinski definition) is 2. The predicted molar refractivity (Wildman–Crippen MR) is 76.4 cm³/mol. The molecule has 0 amide bonds. The fourth-order valence-corrected chi connectivity index (χ4v) is 2.65. The van der Waals surface area contributed by atoms with Gasteiger partial charge >= 0.3 is 5.97 Å². The Kier molecular flexibility index (Phi) is 7.69. The van der Waals surface area contributed by atoms with Crippen molar-refractivity contribution >= 4 is 17.3 Å². The van der Waals surface area contributed by atoms with Crippen molar-refractivity contribution in [1.29, 1.82) is 0 Å². The standard InChI is InChI=1S/C14H23NO2S/c1-2-3-4-5-6-7-10-15-11-12-8-9-13(18-12)14(16)17/h8-9,15H,2-7,10-11H2,1H3,(H,16,17). The van der Waals surface area contributed by atoms with Crippen molar-refractivity contribution in [3.05, 3.63) is 21.9 Å². The van der Waals surface area contributed by atoms with Crippen molar-refractivity contribution < 1.29 is 9.90 Å². The summed E-state index contributed by atoms with van der Waals surface area (Å²) in [6.45, 7) is 4.04. The number of unbranched alkanes of at least 4 members (excludes halogenated alkanes) is 5. The van der Waals surface area contributed by atoms with Crippen LogP contribution in [0.5, 0.6) is 0 Å². The summed E-state index contributed by atoms with van der Waals surface area (Å²) in [5.74, 6) is -0.831. The molecule has 4 heteroatoms. The van der Waals surface area contributed by atoms with E-state index in [9.17, 15) is 4.79 Å². The first-order chi connectivity index (χ1) is 8.74. The van der Waals surface area contributed by atoms with Gasteiger partial charge in [0.1, 0.15) is 4.88 Å². The van der Waals surface area contributed by atoms with Crippen molar-refractivity contribution in [1.82, 2.24) is 5.32 Å². The van der Waals surface area contributed by atoms with E-state index in [-0.39, 0.29) is 0 Å². The molecule has 1 aromatic heterocycles. The van der Waals surface area contributed by atoms with Gasteiger partial charge in [-0.2, -0.15) is 0 Å². The third-order valence-electron chi connectivity index (χ3n) is 2.88. The Morgan fingerprint density at radius 2 is 1.94 bits per heavy atom. The molecule has 3 nitrogen and oxygen atoms in total. The smallest absolute Gasteiger partial charge is 0.345 e. The molecule has 0 saturated carbocycles. The minimum Gasteiger partial charge on any atom is -0.477 e. The summed E-state index contributed by atoms with van der Waals surface area (Å²) < 4.78 is 0. The summed E-state index contributed by atoms with van der Waals surface area (Å²) in [6, 6.07) is 3.57. The molecule has 0 aliphatic heterocycles. The quantitative estimate of drug-likeness (QED) is 0.633. The largest absolute Gasteiger partial charge is 0.477 e. The molecule has 0 aromatic carbocycles. The van der Waals surface area contributed by atoms with E-state index in [1.165, 1.54) is 49.9 Å². The summed E-state index contributed by atoms with van der Waals surface area (Å²) in [7, 11) is 0. The summed E-state index contributed by atoms with van der Waals surface area (Å²) in [6.07, 6.45) is 7.82. The van der Waals surface area contributed by atoms with Crippen LogP contribution in [0.15, 0.2) is 12.1 Å². The second kappa shape index (κ2) is 9.11. The molecule has 0 atom stereocenters. The van der Waals surface area contributed by atoms with Gasteiger partial charge < -0.3 is 10.4 Å². The van der Waals surface area contributed by atoms with E-state index < -0.39 is 5.97 Å². The number of aromatic carboxylic acids is 1. The summed E-state index contributed by atoms with van der Waals surface area (Å²) >= 11 is 1.35. The van der Waals surface area contributed by atoms with E-state index in [1.807, 2.05) is 6.07 Å². The fraction of sp³-hybridized carbons (Fsp3) is 0.643. The number of hydrogen-bond acceptors (Lipinski definition) is 3. The second-order valence-corrected chi connectivity index (χ2v) is 5.68. The van der Waals surface area contributed by atoms with Gasteiger partial charge in [-0.3, -0.25) is 0 Å².